The minimum Gasteiger partial charge on any atom is -0.299 e. The van der Waals surface area contributed by atoms with Crippen LogP contribution in [-0.2, 0) is 0 Å². The molecule has 0 spiro atoms. The molecule has 0 heterocycles. The Kier molecular flexibility index (Phi) is 15.1. The van der Waals surface area contributed by atoms with Gasteiger partial charge < -0.3 is 0 Å². The summed E-state index contributed by atoms with van der Waals surface area (Å²) in [4.78, 5) is 0. The van der Waals surface area contributed by atoms with Gasteiger partial charge in [0.1, 0.15) is 0 Å². The first-order chi connectivity index (χ1) is 8.24. The van der Waals surface area contributed by atoms with E-state index < -0.39 is 0 Å². The maximum atomic E-state index is 3.51. The second-order valence-electron chi connectivity index (χ2n) is 3.35. The standard InChI is InChI=1S/C11H17NS.2C2H6/c1-9(2)12-11(13-3)10-7-5-4-6-8-10;2*1-2/h4-9,11-12H,1-3H3;2*1-2H3. The van der Waals surface area contributed by atoms with Gasteiger partial charge in [0.05, 0.1) is 5.37 Å². The van der Waals surface area contributed by atoms with Crippen LogP contribution in [0.3, 0.4) is 0 Å². The molecule has 0 bridgehead atoms. The zero-order valence-electron chi connectivity index (χ0n) is 12.4. The van der Waals surface area contributed by atoms with Gasteiger partial charge >= 0.3 is 0 Å². The number of benzene rings is 1. The summed E-state index contributed by atoms with van der Waals surface area (Å²) in [5.74, 6) is 0. The third-order valence-electron chi connectivity index (χ3n) is 1.82. The van der Waals surface area contributed by atoms with Crippen LogP contribution in [0.4, 0.5) is 0 Å². The van der Waals surface area contributed by atoms with E-state index in [0.717, 1.165) is 0 Å². The van der Waals surface area contributed by atoms with E-state index in [1.54, 1.807) is 0 Å². The normalized spacial score (nSPS) is 10.8. The summed E-state index contributed by atoms with van der Waals surface area (Å²) in [6.07, 6.45) is 2.13. The van der Waals surface area contributed by atoms with Crippen molar-refractivity contribution in [2.45, 2.75) is 53.0 Å². The minimum absolute atomic E-state index is 0.418. The molecule has 1 aromatic carbocycles. The molecule has 0 fully saturated rings. The van der Waals surface area contributed by atoms with Crippen LogP contribution >= 0.6 is 11.8 Å². The van der Waals surface area contributed by atoms with Crippen LogP contribution in [0.1, 0.15) is 52.5 Å². The summed E-state index contributed by atoms with van der Waals surface area (Å²) in [5, 5.41) is 3.93. The lowest BCUT2D eigenvalue weighted by molar-refractivity contribution is 0.579. The molecule has 0 saturated carbocycles. The molecule has 0 aromatic heterocycles. The first kappa shape index (κ1) is 18.9. The highest BCUT2D eigenvalue weighted by molar-refractivity contribution is 7.98. The average molecular weight is 255 g/mol. The molecule has 17 heavy (non-hydrogen) atoms. The number of hydrogen-bond donors (Lipinski definition) is 1. The van der Waals surface area contributed by atoms with Crippen LogP contribution in [0.25, 0.3) is 0 Å². The van der Waals surface area contributed by atoms with E-state index in [1.807, 2.05) is 39.5 Å². The first-order valence-electron chi connectivity index (χ1n) is 6.58. The van der Waals surface area contributed by atoms with Gasteiger partial charge in [-0.2, -0.15) is 0 Å². The topological polar surface area (TPSA) is 12.0 Å². The maximum absolute atomic E-state index is 3.51. The summed E-state index contributed by atoms with van der Waals surface area (Å²) in [7, 11) is 0. The van der Waals surface area contributed by atoms with Crippen LogP contribution in [0.2, 0.25) is 0 Å². The predicted molar refractivity (Wildman–Crippen MR) is 83.7 cm³/mol. The second kappa shape index (κ2) is 13.6. The number of thioether (sulfide) groups is 1. The molecule has 1 aromatic rings. The molecule has 1 rings (SSSR count). The molecule has 1 nitrogen and oxygen atoms in total. The van der Waals surface area contributed by atoms with Crippen molar-refractivity contribution in [3.8, 4) is 0 Å². The fraction of sp³-hybridized carbons (Fsp3) is 0.600. The maximum Gasteiger partial charge on any atom is 0.0788 e. The third kappa shape index (κ3) is 9.25. The molecule has 0 saturated heterocycles. The summed E-state index contributed by atoms with van der Waals surface area (Å²) >= 11 is 1.84. The van der Waals surface area contributed by atoms with Gasteiger partial charge in [-0.15, -0.1) is 11.8 Å². The SMILES string of the molecule is CC.CC.CSC(NC(C)C)c1ccccc1. The highest BCUT2D eigenvalue weighted by Gasteiger charge is 2.09. The fourth-order valence-electron chi connectivity index (χ4n) is 1.23. The molecule has 0 aliphatic heterocycles. The Labute approximate surface area is 112 Å². The van der Waals surface area contributed by atoms with E-state index in [-0.39, 0.29) is 0 Å². The van der Waals surface area contributed by atoms with Crippen LogP contribution in [-0.4, -0.2) is 12.3 Å². The lowest BCUT2D eigenvalue weighted by Crippen LogP contribution is -2.25. The fourth-order valence-corrected chi connectivity index (χ4v) is 2.07. The molecule has 0 radical (unpaired) electrons. The van der Waals surface area contributed by atoms with Crippen molar-refractivity contribution in [1.29, 1.82) is 0 Å². The number of hydrogen-bond acceptors (Lipinski definition) is 2. The Hall–Kier alpha value is -0.470. The molecule has 0 amide bonds. The minimum atomic E-state index is 0.418. The Morgan fingerprint density at radius 2 is 1.41 bits per heavy atom. The van der Waals surface area contributed by atoms with Crippen molar-refractivity contribution in [2.24, 2.45) is 0 Å². The van der Waals surface area contributed by atoms with Crippen LogP contribution in [0.15, 0.2) is 30.3 Å². The van der Waals surface area contributed by atoms with E-state index >= 15 is 0 Å². The Balaban J connectivity index is 0. The zero-order chi connectivity index (χ0) is 13.7. The van der Waals surface area contributed by atoms with Gasteiger partial charge in [-0.25, -0.2) is 0 Å². The van der Waals surface area contributed by atoms with E-state index in [9.17, 15) is 0 Å². The van der Waals surface area contributed by atoms with Crippen molar-refractivity contribution in [3.63, 3.8) is 0 Å². The van der Waals surface area contributed by atoms with E-state index in [1.165, 1.54) is 5.56 Å². The van der Waals surface area contributed by atoms with E-state index in [4.69, 9.17) is 0 Å². The van der Waals surface area contributed by atoms with Gasteiger partial charge in [-0.3, -0.25) is 5.32 Å². The molecule has 1 unspecified atom stereocenters. The van der Waals surface area contributed by atoms with Gasteiger partial charge in [0.15, 0.2) is 0 Å². The van der Waals surface area contributed by atoms with Gasteiger partial charge in [0, 0.05) is 6.04 Å². The van der Waals surface area contributed by atoms with Gasteiger partial charge in [-0.05, 0) is 25.7 Å². The van der Waals surface area contributed by atoms with Gasteiger partial charge in [-0.1, -0.05) is 58.0 Å². The molecule has 100 valence electrons. The highest BCUT2D eigenvalue weighted by Crippen LogP contribution is 2.23. The Bertz CT molecular complexity index is 234. The largest absolute Gasteiger partial charge is 0.299 e. The van der Waals surface area contributed by atoms with Crippen LogP contribution in [0.5, 0.6) is 0 Å². The second-order valence-corrected chi connectivity index (χ2v) is 4.29. The lowest BCUT2D eigenvalue weighted by atomic mass is 10.2. The quantitative estimate of drug-likeness (QED) is 0.751. The molecule has 0 aliphatic carbocycles. The molecular weight excluding hydrogens is 226 g/mol. The summed E-state index contributed by atoms with van der Waals surface area (Å²) in [5.41, 5.74) is 1.35. The first-order valence-corrected chi connectivity index (χ1v) is 7.86. The summed E-state index contributed by atoms with van der Waals surface area (Å²) in [6.45, 7) is 12.3. The van der Waals surface area contributed by atoms with Gasteiger partial charge in [0.25, 0.3) is 0 Å². The van der Waals surface area contributed by atoms with Crippen molar-refractivity contribution < 1.29 is 0 Å². The highest BCUT2D eigenvalue weighted by atomic mass is 32.2. The monoisotopic (exact) mass is 255 g/mol. The molecule has 0 aliphatic rings. The Morgan fingerprint density at radius 3 is 1.76 bits per heavy atom. The molecule has 1 N–H and O–H groups in total. The Morgan fingerprint density at radius 1 is 0.941 bits per heavy atom. The third-order valence-corrected chi connectivity index (χ3v) is 2.70. The van der Waals surface area contributed by atoms with Crippen molar-refractivity contribution >= 4 is 11.8 Å². The molecular formula is C15H29NS. The predicted octanol–water partition coefficient (Wildman–Crippen LogP) is 5.10. The smallest absolute Gasteiger partial charge is 0.0788 e. The van der Waals surface area contributed by atoms with Crippen LogP contribution in [0, 0.1) is 0 Å². The number of nitrogens with one attached hydrogen (secondary N) is 1. The lowest BCUT2D eigenvalue weighted by Gasteiger charge is -2.19. The van der Waals surface area contributed by atoms with Crippen molar-refractivity contribution in [3.05, 3.63) is 35.9 Å². The van der Waals surface area contributed by atoms with Crippen molar-refractivity contribution in [2.75, 3.05) is 6.26 Å². The van der Waals surface area contributed by atoms with Crippen molar-refractivity contribution in [1.82, 2.24) is 5.32 Å². The van der Waals surface area contributed by atoms with Gasteiger partial charge in [0.2, 0.25) is 0 Å². The van der Waals surface area contributed by atoms with E-state index in [0.29, 0.717) is 11.4 Å². The van der Waals surface area contributed by atoms with E-state index in [2.05, 4.69) is 55.8 Å². The number of rotatable bonds is 4. The molecule has 2 heteroatoms. The summed E-state index contributed by atoms with van der Waals surface area (Å²) in [6, 6.07) is 11.1. The zero-order valence-corrected chi connectivity index (χ0v) is 13.3. The molecule has 1 atom stereocenters. The summed E-state index contributed by atoms with van der Waals surface area (Å²) < 4.78 is 0. The average Bonchev–Trinajstić information content (AvgIpc) is 2.41. The van der Waals surface area contributed by atoms with Crippen LogP contribution < -0.4 is 5.32 Å².